The number of hydrogen-bond donors (Lipinski definition) is 1. The number of hydrogen-bond acceptors (Lipinski definition) is 5. The molecule has 2 aliphatic heterocycles. The van der Waals surface area contributed by atoms with E-state index in [1.165, 1.54) is 0 Å². The lowest BCUT2D eigenvalue weighted by Gasteiger charge is -2.41. The Labute approximate surface area is 218 Å². The maximum Gasteiger partial charge on any atom is 0.410 e. The molecule has 2 heterocycles. The van der Waals surface area contributed by atoms with Crippen LogP contribution in [0.4, 0.5) is 4.79 Å². The van der Waals surface area contributed by atoms with E-state index in [9.17, 15) is 14.4 Å². The number of piperidine rings is 1. The molecule has 1 N–H and O–H groups in total. The Morgan fingerprint density at radius 1 is 0.865 bits per heavy atom. The predicted octanol–water partition coefficient (Wildman–Crippen LogP) is 5.45. The second-order valence-corrected chi connectivity index (χ2v) is 11.6. The fourth-order valence-corrected chi connectivity index (χ4v) is 5.88. The average Bonchev–Trinajstić information content (AvgIpc) is 3.09. The molecule has 5 rings (SSSR count). The minimum atomic E-state index is -0.505. The summed E-state index contributed by atoms with van der Waals surface area (Å²) in [6, 6.07) is 16.9. The molecule has 1 saturated carbocycles. The summed E-state index contributed by atoms with van der Waals surface area (Å²) >= 11 is 0. The topological polar surface area (TPSA) is 84.9 Å². The molecule has 2 unspecified atom stereocenters. The summed E-state index contributed by atoms with van der Waals surface area (Å²) in [5.41, 5.74) is 1.17. The first-order valence-electron chi connectivity index (χ1n) is 13.3. The van der Waals surface area contributed by atoms with Gasteiger partial charge in [0, 0.05) is 24.0 Å². The predicted molar refractivity (Wildman–Crippen MR) is 139 cm³/mol. The van der Waals surface area contributed by atoms with E-state index < -0.39 is 5.60 Å². The lowest BCUT2D eigenvalue weighted by molar-refractivity contribution is -0.129. The van der Waals surface area contributed by atoms with E-state index in [2.05, 4.69) is 5.32 Å². The molecule has 7 nitrogen and oxygen atoms in total. The van der Waals surface area contributed by atoms with Crippen LogP contribution < -0.4 is 10.1 Å². The van der Waals surface area contributed by atoms with Crippen LogP contribution in [0, 0.1) is 5.92 Å². The maximum absolute atomic E-state index is 12.9. The molecule has 3 aliphatic rings. The van der Waals surface area contributed by atoms with Gasteiger partial charge in [-0.25, -0.2) is 9.59 Å². The summed E-state index contributed by atoms with van der Waals surface area (Å²) < 4.78 is 11.1. The molecule has 2 bridgehead atoms. The monoisotopic (exact) mass is 504 g/mol. The summed E-state index contributed by atoms with van der Waals surface area (Å²) in [6.45, 7) is 5.67. The van der Waals surface area contributed by atoms with E-state index in [-0.39, 0.29) is 42.0 Å². The SMILES string of the molecule is CC(C)(C)OC(=O)N1C2CCC1CC(NC(=O)C1CC(c3ccc(OC(=O)c4ccccc4)cc3)C1)C2. The van der Waals surface area contributed by atoms with Crippen molar-refractivity contribution < 1.29 is 23.9 Å². The minimum absolute atomic E-state index is 0.0159. The van der Waals surface area contributed by atoms with Crippen molar-refractivity contribution in [2.75, 3.05) is 0 Å². The van der Waals surface area contributed by atoms with E-state index in [0.717, 1.165) is 44.1 Å². The molecule has 1 aliphatic carbocycles. The molecule has 2 saturated heterocycles. The largest absolute Gasteiger partial charge is 0.444 e. The highest BCUT2D eigenvalue weighted by molar-refractivity contribution is 5.91. The maximum atomic E-state index is 12.9. The number of nitrogens with one attached hydrogen (secondary N) is 1. The van der Waals surface area contributed by atoms with Crippen molar-refractivity contribution in [1.82, 2.24) is 10.2 Å². The van der Waals surface area contributed by atoms with Gasteiger partial charge in [-0.2, -0.15) is 0 Å². The molecule has 7 heteroatoms. The summed E-state index contributed by atoms with van der Waals surface area (Å²) in [5, 5.41) is 3.27. The zero-order valence-electron chi connectivity index (χ0n) is 21.8. The molecule has 196 valence electrons. The highest BCUT2D eigenvalue weighted by Gasteiger charge is 2.46. The zero-order chi connectivity index (χ0) is 26.2. The van der Waals surface area contributed by atoms with Gasteiger partial charge < -0.3 is 19.7 Å². The Morgan fingerprint density at radius 2 is 1.49 bits per heavy atom. The van der Waals surface area contributed by atoms with Gasteiger partial charge in [-0.3, -0.25) is 4.79 Å². The van der Waals surface area contributed by atoms with Gasteiger partial charge in [0.2, 0.25) is 5.91 Å². The van der Waals surface area contributed by atoms with Gasteiger partial charge in [0.05, 0.1) is 5.56 Å². The fourth-order valence-electron chi connectivity index (χ4n) is 5.88. The second kappa shape index (κ2) is 10.2. The minimum Gasteiger partial charge on any atom is -0.444 e. The van der Waals surface area contributed by atoms with Crippen LogP contribution in [0.15, 0.2) is 54.6 Å². The molecule has 0 radical (unpaired) electrons. The van der Waals surface area contributed by atoms with E-state index in [1.807, 2.05) is 56.0 Å². The Balaban J connectivity index is 1.08. The first-order chi connectivity index (χ1) is 17.7. The number of amides is 2. The number of rotatable bonds is 5. The van der Waals surface area contributed by atoms with E-state index in [1.54, 1.807) is 24.3 Å². The number of ether oxygens (including phenoxy) is 2. The van der Waals surface area contributed by atoms with Gasteiger partial charge in [0.25, 0.3) is 0 Å². The number of nitrogens with zero attached hydrogens (tertiary/aromatic N) is 1. The third-order valence-electron chi connectivity index (χ3n) is 7.76. The van der Waals surface area contributed by atoms with Gasteiger partial charge in [-0.15, -0.1) is 0 Å². The van der Waals surface area contributed by atoms with E-state index in [4.69, 9.17) is 9.47 Å². The number of benzene rings is 2. The van der Waals surface area contributed by atoms with Crippen molar-refractivity contribution in [2.45, 2.75) is 88.9 Å². The van der Waals surface area contributed by atoms with Crippen molar-refractivity contribution >= 4 is 18.0 Å². The van der Waals surface area contributed by atoms with Crippen LogP contribution in [0.25, 0.3) is 0 Å². The molecule has 2 aromatic rings. The number of fused-ring (bicyclic) bond motifs is 2. The molecule has 2 atom stereocenters. The molecule has 2 amide bonds. The Bertz CT molecular complexity index is 1120. The zero-order valence-corrected chi connectivity index (χ0v) is 21.8. The van der Waals surface area contributed by atoms with Gasteiger partial charge >= 0.3 is 12.1 Å². The molecule has 2 aromatic carbocycles. The average molecular weight is 505 g/mol. The van der Waals surface area contributed by atoms with Gasteiger partial charge in [-0.05, 0) is 95.0 Å². The van der Waals surface area contributed by atoms with Crippen LogP contribution in [-0.2, 0) is 9.53 Å². The summed E-state index contributed by atoms with van der Waals surface area (Å²) in [5.74, 6) is 0.611. The second-order valence-electron chi connectivity index (χ2n) is 11.6. The normalized spacial score (nSPS) is 26.7. The van der Waals surface area contributed by atoms with Crippen molar-refractivity contribution in [2.24, 2.45) is 5.92 Å². The fraction of sp³-hybridized carbons (Fsp3) is 0.500. The van der Waals surface area contributed by atoms with Gasteiger partial charge in [0.15, 0.2) is 0 Å². The van der Waals surface area contributed by atoms with Crippen molar-refractivity contribution in [3.05, 3.63) is 65.7 Å². The smallest absolute Gasteiger partial charge is 0.410 e. The molecule has 3 fully saturated rings. The molecular formula is C30H36N2O5. The van der Waals surface area contributed by atoms with Crippen LogP contribution in [-0.4, -0.2) is 46.6 Å². The lowest BCUT2D eigenvalue weighted by Crippen LogP contribution is -2.54. The van der Waals surface area contributed by atoms with E-state index in [0.29, 0.717) is 17.2 Å². The first kappa shape index (κ1) is 25.3. The Hall–Kier alpha value is -3.35. The van der Waals surface area contributed by atoms with Gasteiger partial charge in [-0.1, -0.05) is 30.3 Å². The van der Waals surface area contributed by atoms with Crippen LogP contribution in [0.2, 0.25) is 0 Å². The van der Waals surface area contributed by atoms with Gasteiger partial charge in [0.1, 0.15) is 11.4 Å². The quantitative estimate of drug-likeness (QED) is 0.433. The molecular weight excluding hydrogens is 468 g/mol. The van der Waals surface area contributed by atoms with Crippen LogP contribution in [0.5, 0.6) is 5.75 Å². The molecule has 37 heavy (non-hydrogen) atoms. The highest BCUT2D eigenvalue weighted by atomic mass is 16.6. The standard InChI is InChI=1S/C30H36N2O5/c1-30(2,3)37-29(35)32-24-11-12-25(32)18-23(17-24)31-27(33)22-15-21(16-22)19-9-13-26(14-10-19)36-28(34)20-7-5-4-6-8-20/h4-10,13-14,21-25H,11-12,15-18H2,1-3H3,(H,31,33). The Kier molecular flexibility index (Phi) is 6.97. The number of carbonyl (C=O) groups excluding carboxylic acids is 3. The summed E-state index contributed by atoms with van der Waals surface area (Å²) in [7, 11) is 0. The van der Waals surface area contributed by atoms with Crippen LogP contribution in [0.3, 0.4) is 0 Å². The number of esters is 1. The van der Waals surface area contributed by atoms with Crippen LogP contribution in [0.1, 0.15) is 81.1 Å². The summed E-state index contributed by atoms with van der Waals surface area (Å²) in [4.78, 5) is 39.8. The lowest BCUT2D eigenvalue weighted by atomic mass is 9.71. The van der Waals surface area contributed by atoms with E-state index >= 15 is 0 Å². The summed E-state index contributed by atoms with van der Waals surface area (Å²) in [6.07, 6.45) is 4.93. The highest BCUT2D eigenvalue weighted by Crippen LogP contribution is 2.43. The molecule has 0 spiro atoms. The van der Waals surface area contributed by atoms with Crippen molar-refractivity contribution in [3.63, 3.8) is 0 Å². The Morgan fingerprint density at radius 3 is 2.08 bits per heavy atom. The number of carbonyl (C=O) groups is 3. The third-order valence-corrected chi connectivity index (χ3v) is 7.76. The first-order valence-corrected chi connectivity index (χ1v) is 13.3. The molecule has 0 aromatic heterocycles. The van der Waals surface area contributed by atoms with Crippen LogP contribution >= 0.6 is 0 Å². The third kappa shape index (κ3) is 5.81. The van der Waals surface area contributed by atoms with Crippen molar-refractivity contribution in [1.29, 1.82) is 0 Å². The van der Waals surface area contributed by atoms with Crippen molar-refractivity contribution in [3.8, 4) is 5.75 Å².